The molecule has 0 aliphatic carbocycles. The molecule has 0 aliphatic heterocycles. The average molecular weight is 336 g/mol. The van der Waals surface area contributed by atoms with Crippen LogP contribution >= 0.6 is 0 Å². The highest BCUT2D eigenvalue weighted by Gasteiger charge is 2.25. The highest BCUT2D eigenvalue weighted by Crippen LogP contribution is 2.20. The number of pyridine rings is 1. The molecule has 0 saturated heterocycles. The highest BCUT2D eigenvalue weighted by atomic mass is 19.1. The van der Waals surface area contributed by atoms with Crippen molar-refractivity contribution in [2.75, 3.05) is 7.05 Å². The van der Waals surface area contributed by atoms with Gasteiger partial charge in [0.25, 0.3) is 0 Å². The van der Waals surface area contributed by atoms with Crippen LogP contribution in [-0.4, -0.2) is 22.2 Å². The zero-order valence-electron chi connectivity index (χ0n) is 14.2. The number of halogens is 1. The summed E-state index contributed by atoms with van der Waals surface area (Å²) in [7, 11) is 1.83. The first-order valence-corrected chi connectivity index (χ1v) is 7.75. The van der Waals surface area contributed by atoms with Gasteiger partial charge in [0.05, 0.1) is 5.54 Å². The Morgan fingerprint density at radius 1 is 1.12 bits per heavy atom. The molecule has 3 rings (SSSR count). The zero-order chi connectivity index (χ0) is 17.9. The van der Waals surface area contributed by atoms with Gasteiger partial charge in [0.2, 0.25) is 11.7 Å². The number of hydrogen-bond acceptors (Lipinski definition) is 5. The number of nitrogens with one attached hydrogen (secondary N) is 1. The molecule has 25 heavy (non-hydrogen) atoms. The van der Waals surface area contributed by atoms with E-state index in [1.165, 1.54) is 12.1 Å². The monoisotopic (exact) mass is 336 g/mol. The maximum absolute atomic E-state index is 13.1. The molecule has 5 nitrogen and oxygen atoms in total. The van der Waals surface area contributed by atoms with E-state index in [4.69, 9.17) is 4.52 Å². The lowest BCUT2D eigenvalue weighted by Gasteiger charge is -2.17. The lowest BCUT2D eigenvalue weighted by atomic mass is 10.1. The van der Waals surface area contributed by atoms with Crippen molar-refractivity contribution in [2.24, 2.45) is 0 Å². The van der Waals surface area contributed by atoms with E-state index in [9.17, 15) is 4.39 Å². The number of benzene rings is 1. The van der Waals surface area contributed by atoms with Gasteiger partial charge in [0.1, 0.15) is 11.5 Å². The Kier molecular flexibility index (Phi) is 4.59. The minimum Gasteiger partial charge on any atom is -0.337 e. The summed E-state index contributed by atoms with van der Waals surface area (Å²) in [5, 5.41) is 7.07. The van der Waals surface area contributed by atoms with Gasteiger partial charge >= 0.3 is 0 Å². The van der Waals surface area contributed by atoms with Crippen molar-refractivity contribution in [3.05, 3.63) is 65.4 Å². The maximum Gasteiger partial charge on any atom is 0.246 e. The minimum absolute atomic E-state index is 0.308. The van der Waals surface area contributed by atoms with Crippen LogP contribution in [0.3, 0.4) is 0 Å². The van der Waals surface area contributed by atoms with Crippen molar-refractivity contribution in [1.82, 2.24) is 20.4 Å². The zero-order valence-corrected chi connectivity index (χ0v) is 14.2. The van der Waals surface area contributed by atoms with Crippen LogP contribution in [0, 0.1) is 17.7 Å². The van der Waals surface area contributed by atoms with Crippen LogP contribution in [0.25, 0.3) is 11.5 Å². The smallest absolute Gasteiger partial charge is 0.246 e. The quantitative estimate of drug-likeness (QED) is 0.745. The van der Waals surface area contributed by atoms with E-state index in [1.807, 2.05) is 27.0 Å². The van der Waals surface area contributed by atoms with Crippen molar-refractivity contribution in [1.29, 1.82) is 0 Å². The van der Waals surface area contributed by atoms with E-state index in [2.05, 4.69) is 32.3 Å². The van der Waals surface area contributed by atoms with Gasteiger partial charge < -0.3 is 9.84 Å². The molecule has 3 aromatic rings. The standard InChI is InChI=1S/C19H17FN4O/c1-19(2,21-3)18-23-17(24-25-18)16-10-9-14(12-22-16)8-7-13-5-4-6-15(20)11-13/h4-6,9-12,21H,1-3H3. The summed E-state index contributed by atoms with van der Waals surface area (Å²) in [4.78, 5) is 8.69. The Bertz CT molecular complexity index is 936. The van der Waals surface area contributed by atoms with E-state index in [1.54, 1.807) is 24.4 Å². The van der Waals surface area contributed by atoms with Gasteiger partial charge in [-0.1, -0.05) is 23.1 Å². The fraction of sp³-hybridized carbons (Fsp3) is 0.211. The van der Waals surface area contributed by atoms with Crippen LogP contribution in [0.5, 0.6) is 0 Å². The van der Waals surface area contributed by atoms with Crippen LogP contribution < -0.4 is 5.32 Å². The molecule has 0 atom stereocenters. The lowest BCUT2D eigenvalue weighted by Crippen LogP contribution is -2.33. The summed E-state index contributed by atoms with van der Waals surface area (Å²) in [6, 6.07) is 9.74. The van der Waals surface area contributed by atoms with Crippen molar-refractivity contribution in [3.63, 3.8) is 0 Å². The normalized spacial score (nSPS) is 11.0. The van der Waals surface area contributed by atoms with Crippen LogP contribution in [0.4, 0.5) is 4.39 Å². The number of aromatic nitrogens is 3. The molecule has 0 bridgehead atoms. The molecule has 0 fully saturated rings. The average Bonchev–Trinajstić information content (AvgIpc) is 3.11. The molecule has 0 spiro atoms. The van der Waals surface area contributed by atoms with E-state index < -0.39 is 5.54 Å². The fourth-order valence-corrected chi connectivity index (χ4v) is 2.00. The molecular weight excluding hydrogens is 319 g/mol. The molecule has 0 saturated carbocycles. The lowest BCUT2D eigenvalue weighted by molar-refractivity contribution is 0.281. The van der Waals surface area contributed by atoms with Crippen molar-refractivity contribution in [2.45, 2.75) is 19.4 Å². The second kappa shape index (κ2) is 6.83. The van der Waals surface area contributed by atoms with Gasteiger partial charge in [-0.05, 0) is 51.2 Å². The largest absolute Gasteiger partial charge is 0.337 e. The summed E-state index contributed by atoms with van der Waals surface area (Å²) in [5.41, 5.74) is 1.51. The molecule has 0 unspecified atom stereocenters. The third-order valence-electron chi connectivity index (χ3n) is 3.75. The van der Waals surface area contributed by atoms with Gasteiger partial charge in [0.15, 0.2) is 0 Å². The molecule has 0 amide bonds. The van der Waals surface area contributed by atoms with E-state index in [0.717, 1.165) is 0 Å². The highest BCUT2D eigenvalue weighted by molar-refractivity contribution is 5.51. The minimum atomic E-state index is -0.415. The summed E-state index contributed by atoms with van der Waals surface area (Å²) >= 11 is 0. The van der Waals surface area contributed by atoms with Crippen LogP contribution in [0.1, 0.15) is 30.9 Å². The SMILES string of the molecule is CNC(C)(C)c1nc(-c2ccc(C#Cc3cccc(F)c3)cn2)no1. The van der Waals surface area contributed by atoms with E-state index >= 15 is 0 Å². The molecule has 2 heterocycles. The number of nitrogens with zero attached hydrogens (tertiary/aromatic N) is 3. The van der Waals surface area contributed by atoms with E-state index in [-0.39, 0.29) is 5.82 Å². The Hall–Kier alpha value is -3.04. The first-order valence-electron chi connectivity index (χ1n) is 7.75. The molecule has 0 radical (unpaired) electrons. The topological polar surface area (TPSA) is 63.8 Å². The second-order valence-electron chi connectivity index (χ2n) is 5.99. The summed E-state index contributed by atoms with van der Waals surface area (Å²) in [5.74, 6) is 6.46. The Balaban J connectivity index is 1.79. The number of hydrogen-bond donors (Lipinski definition) is 1. The van der Waals surface area contributed by atoms with Gasteiger partial charge in [-0.25, -0.2) is 4.39 Å². The molecular formula is C19H17FN4O. The van der Waals surface area contributed by atoms with Crippen molar-refractivity contribution < 1.29 is 8.91 Å². The molecule has 2 aromatic heterocycles. The Morgan fingerprint density at radius 2 is 1.92 bits per heavy atom. The summed E-state index contributed by atoms with van der Waals surface area (Å²) < 4.78 is 18.4. The molecule has 1 aromatic carbocycles. The van der Waals surface area contributed by atoms with Gasteiger partial charge in [-0.15, -0.1) is 0 Å². The fourth-order valence-electron chi connectivity index (χ4n) is 2.00. The first-order chi connectivity index (χ1) is 12.0. The van der Waals surface area contributed by atoms with Gasteiger partial charge in [-0.2, -0.15) is 4.98 Å². The Labute approximate surface area is 145 Å². The molecule has 126 valence electrons. The van der Waals surface area contributed by atoms with Crippen LogP contribution in [0.2, 0.25) is 0 Å². The predicted molar refractivity (Wildman–Crippen MR) is 92.0 cm³/mol. The van der Waals surface area contributed by atoms with Gasteiger partial charge in [-0.3, -0.25) is 4.98 Å². The van der Waals surface area contributed by atoms with Crippen LogP contribution in [0.15, 0.2) is 47.1 Å². The van der Waals surface area contributed by atoms with Crippen molar-refractivity contribution in [3.8, 4) is 23.4 Å². The van der Waals surface area contributed by atoms with Gasteiger partial charge in [0, 0.05) is 17.3 Å². The summed E-state index contributed by atoms with van der Waals surface area (Å²) in [6.07, 6.45) is 1.63. The second-order valence-corrected chi connectivity index (χ2v) is 5.99. The summed E-state index contributed by atoms with van der Waals surface area (Å²) in [6.45, 7) is 3.89. The van der Waals surface area contributed by atoms with Crippen molar-refractivity contribution >= 4 is 0 Å². The Morgan fingerprint density at radius 3 is 2.60 bits per heavy atom. The molecule has 1 N–H and O–H groups in total. The predicted octanol–water partition coefficient (Wildman–Crippen LogP) is 3.13. The molecule has 0 aliphatic rings. The first kappa shape index (κ1) is 16.8. The third-order valence-corrected chi connectivity index (χ3v) is 3.75. The molecule has 6 heteroatoms. The third kappa shape index (κ3) is 3.90. The van der Waals surface area contributed by atoms with E-state index in [0.29, 0.717) is 28.5 Å². The number of rotatable bonds is 3. The maximum atomic E-state index is 13.1. The van der Waals surface area contributed by atoms with Crippen LogP contribution in [-0.2, 0) is 5.54 Å².